The number of amides is 1. The van der Waals surface area contributed by atoms with Crippen LogP contribution in [0.5, 0.6) is 0 Å². The van der Waals surface area contributed by atoms with Crippen molar-refractivity contribution < 1.29 is 4.79 Å². The van der Waals surface area contributed by atoms with Gasteiger partial charge in [0.1, 0.15) is 5.03 Å². The summed E-state index contributed by atoms with van der Waals surface area (Å²) in [6, 6.07) is 15.7. The number of carbonyl (C=O) groups is 1. The molecule has 0 bridgehead atoms. The molecule has 2 heterocycles. The fraction of sp³-hybridized carbons (Fsp3) is 0.200. The van der Waals surface area contributed by atoms with Gasteiger partial charge in [0.2, 0.25) is 5.91 Å². The zero-order valence-electron chi connectivity index (χ0n) is 15.0. The van der Waals surface area contributed by atoms with E-state index >= 15 is 0 Å². The molecule has 0 saturated heterocycles. The number of thioether (sulfide) groups is 1. The lowest BCUT2D eigenvalue weighted by Crippen LogP contribution is -2.32. The van der Waals surface area contributed by atoms with E-state index in [0.717, 1.165) is 37.1 Å². The highest BCUT2D eigenvalue weighted by molar-refractivity contribution is 8.00. The minimum Gasteiger partial charge on any atom is -0.288 e. The standard InChI is InChI=1S/C20H18N4OS2/c1-3-24(20-23-16-10-6-7-11-17(16)27-20)18(25)12-26-19-13(2)21-14-8-4-5-9-15(14)22-19/h4-11H,3,12H2,1-2H3. The molecule has 0 spiro atoms. The van der Waals surface area contributed by atoms with Gasteiger partial charge in [-0.05, 0) is 38.1 Å². The maximum atomic E-state index is 12.8. The summed E-state index contributed by atoms with van der Waals surface area (Å²) in [5.41, 5.74) is 3.48. The van der Waals surface area contributed by atoms with E-state index in [4.69, 9.17) is 0 Å². The third-order valence-electron chi connectivity index (χ3n) is 4.16. The van der Waals surface area contributed by atoms with Crippen LogP contribution in [0.2, 0.25) is 0 Å². The van der Waals surface area contributed by atoms with Gasteiger partial charge in [0.15, 0.2) is 5.13 Å². The third kappa shape index (κ3) is 3.65. The topological polar surface area (TPSA) is 59.0 Å². The number of hydrogen-bond acceptors (Lipinski definition) is 6. The van der Waals surface area contributed by atoms with Gasteiger partial charge in [-0.15, -0.1) is 0 Å². The predicted molar refractivity (Wildman–Crippen MR) is 113 cm³/mol. The fourth-order valence-corrected chi connectivity index (χ4v) is 4.69. The Bertz CT molecular complexity index is 1090. The highest BCUT2D eigenvalue weighted by atomic mass is 32.2. The van der Waals surface area contributed by atoms with E-state index in [1.165, 1.54) is 11.8 Å². The molecule has 1 amide bonds. The maximum absolute atomic E-state index is 12.8. The van der Waals surface area contributed by atoms with Gasteiger partial charge < -0.3 is 0 Å². The van der Waals surface area contributed by atoms with Crippen molar-refractivity contribution in [3.63, 3.8) is 0 Å². The average Bonchev–Trinajstić information content (AvgIpc) is 3.10. The first-order valence-corrected chi connectivity index (χ1v) is 10.5. The number of fused-ring (bicyclic) bond motifs is 2. The number of hydrogen-bond donors (Lipinski definition) is 0. The molecule has 7 heteroatoms. The first-order chi connectivity index (χ1) is 13.2. The number of benzene rings is 2. The zero-order valence-corrected chi connectivity index (χ0v) is 16.7. The van der Waals surface area contributed by atoms with Crippen LogP contribution in [0.3, 0.4) is 0 Å². The lowest BCUT2D eigenvalue weighted by molar-refractivity contribution is -0.116. The molecule has 136 valence electrons. The highest BCUT2D eigenvalue weighted by Gasteiger charge is 2.19. The molecule has 0 saturated carbocycles. The van der Waals surface area contributed by atoms with E-state index in [1.807, 2.05) is 62.4 Å². The van der Waals surface area contributed by atoms with Crippen molar-refractivity contribution in [2.45, 2.75) is 18.9 Å². The summed E-state index contributed by atoms with van der Waals surface area (Å²) >= 11 is 2.97. The quantitative estimate of drug-likeness (QED) is 0.460. The van der Waals surface area contributed by atoms with Crippen molar-refractivity contribution in [1.82, 2.24) is 15.0 Å². The number of carbonyl (C=O) groups excluding carboxylic acids is 1. The molecule has 2 aromatic heterocycles. The van der Waals surface area contributed by atoms with E-state index in [2.05, 4.69) is 15.0 Å². The predicted octanol–water partition coefficient (Wildman–Crippen LogP) is 4.69. The monoisotopic (exact) mass is 394 g/mol. The molecule has 2 aromatic carbocycles. The molecule has 5 nitrogen and oxygen atoms in total. The smallest absolute Gasteiger partial charge is 0.239 e. The number of nitrogens with zero attached hydrogens (tertiary/aromatic N) is 4. The van der Waals surface area contributed by atoms with Gasteiger partial charge in [-0.2, -0.15) is 0 Å². The molecule has 27 heavy (non-hydrogen) atoms. The summed E-state index contributed by atoms with van der Waals surface area (Å²) < 4.78 is 1.09. The van der Waals surface area contributed by atoms with Crippen molar-refractivity contribution in [3.05, 3.63) is 54.2 Å². The van der Waals surface area contributed by atoms with Crippen LogP contribution in [0.4, 0.5) is 5.13 Å². The molecule has 0 N–H and O–H groups in total. The summed E-state index contributed by atoms with van der Waals surface area (Å²) in [4.78, 5) is 28.4. The Morgan fingerprint density at radius 1 is 1.00 bits per heavy atom. The molecule has 4 aromatic rings. The van der Waals surface area contributed by atoms with Crippen LogP contribution in [0.25, 0.3) is 21.3 Å². The van der Waals surface area contributed by atoms with Crippen LogP contribution in [-0.4, -0.2) is 33.2 Å². The molecule has 0 unspecified atom stereocenters. The van der Waals surface area contributed by atoms with E-state index < -0.39 is 0 Å². The lowest BCUT2D eigenvalue weighted by Gasteiger charge is -2.17. The Hall–Kier alpha value is -2.51. The number of para-hydroxylation sites is 3. The normalized spacial score (nSPS) is 11.2. The fourth-order valence-electron chi connectivity index (χ4n) is 2.81. The van der Waals surface area contributed by atoms with Crippen molar-refractivity contribution >= 4 is 55.4 Å². The van der Waals surface area contributed by atoms with Crippen LogP contribution in [-0.2, 0) is 4.79 Å². The number of aryl methyl sites for hydroxylation is 1. The second-order valence-corrected chi connectivity index (χ2v) is 7.97. The Balaban J connectivity index is 1.53. The SMILES string of the molecule is CCN(C(=O)CSc1nc2ccccc2nc1C)c1nc2ccccc2s1. The Morgan fingerprint density at radius 2 is 1.67 bits per heavy atom. The van der Waals surface area contributed by atoms with Crippen molar-refractivity contribution in [2.75, 3.05) is 17.2 Å². The molecular formula is C20H18N4OS2. The van der Waals surface area contributed by atoms with E-state index in [9.17, 15) is 4.79 Å². The van der Waals surface area contributed by atoms with Gasteiger partial charge in [-0.1, -0.05) is 47.4 Å². The first kappa shape index (κ1) is 17.9. The zero-order chi connectivity index (χ0) is 18.8. The third-order valence-corrected chi connectivity index (χ3v) is 6.28. The van der Waals surface area contributed by atoms with E-state index in [-0.39, 0.29) is 5.91 Å². The molecule has 4 rings (SSSR count). The molecule has 0 radical (unpaired) electrons. The van der Waals surface area contributed by atoms with Crippen molar-refractivity contribution in [2.24, 2.45) is 0 Å². The molecule has 0 atom stereocenters. The van der Waals surface area contributed by atoms with Crippen molar-refractivity contribution in [3.8, 4) is 0 Å². The summed E-state index contributed by atoms with van der Waals surface area (Å²) in [5.74, 6) is 0.327. The second-order valence-electron chi connectivity index (χ2n) is 5.99. The van der Waals surface area contributed by atoms with Gasteiger partial charge in [-0.25, -0.2) is 15.0 Å². The van der Waals surface area contributed by atoms with Crippen LogP contribution < -0.4 is 4.90 Å². The number of aromatic nitrogens is 3. The molecule has 0 aliphatic carbocycles. The molecular weight excluding hydrogens is 376 g/mol. The largest absolute Gasteiger partial charge is 0.288 e. The number of anilines is 1. The van der Waals surface area contributed by atoms with Crippen molar-refractivity contribution in [1.29, 1.82) is 0 Å². The van der Waals surface area contributed by atoms with Crippen LogP contribution >= 0.6 is 23.1 Å². The van der Waals surface area contributed by atoms with Gasteiger partial charge in [-0.3, -0.25) is 9.69 Å². The number of thiazole rings is 1. The second kappa shape index (κ2) is 7.62. The van der Waals surface area contributed by atoms with Gasteiger partial charge in [0, 0.05) is 6.54 Å². The van der Waals surface area contributed by atoms with E-state index in [1.54, 1.807) is 16.2 Å². The van der Waals surface area contributed by atoms with Gasteiger partial charge >= 0.3 is 0 Å². The molecule has 0 aliphatic rings. The minimum atomic E-state index is 0.0240. The molecule has 0 fully saturated rings. The minimum absolute atomic E-state index is 0.0240. The Morgan fingerprint density at radius 3 is 2.37 bits per heavy atom. The summed E-state index contributed by atoms with van der Waals surface area (Å²) in [6.45, 7) is 4.48. The van der Waals surface area contributed by atoms with Gasteiger partial charge in [0.05, 0.1) is 32.7 Å². The van der Waals surface area contributed by atoms with Crippen LogP contribution in [0.1, 0.15) is 12.6 Å². The highest BCUT2D eigenvalue weighted by Crippen LogP contribution is 2.29. The average molecular weight is 395 g/mol. The molecule has 0 aliphatic heterocycles. The Labute approximate surface area is 165 Å². The lowest BCUT2D eigenvalue weighted by atomic mass is 10.3. The maximum Gasteiger partial charge on any atom is 0.239 e. The summed E-state index contributed by atoms with van der Waals surface area (Å²) in [7, 11) is 0. The first-order valence-electron chi connectivity index (χ1n) is 8.68. The van der Waals surface area contributed by atoms with Crippen LogP contribution in [0.15, 0.2) is 53.6 Å². The van der Waals surface area contributed by atoms with Gasteiger partial charge in [0.25, 0.3) is 0 Å². The summed E-state index contributed by atoms with van der Waals surface area (Å²) in [5, 5.41) is 1.54. The summed E-state index contributed by atoms with van der Waals surface area (Å²) in [6.07, 6.45) is 0. The van der Waals surface area contributed by atoms with E-state index in [0.29, 0.717) is 12.3 Å². The Kier molecular flexibility index (Phi) is 5.05. The number of rotatable bonds is 5. The van der Waals surface area contributed by atoms with Crippen LogP contribution in [0, 0.1) is 6.92 Å².